The molecule has 0 bridgehead atoms. The van der Waals surface area contributed by atoms with E-state index in [9.17, 15) is 4.79 Å². The van der Waals surface area contributed by atoms with Crippen molar-refractivity contribution in [2.75, 3.05) is 19.6 Å². The van der Waals surface area contributed by atoms with Gasteiger partial charge >= 0.3 is 0 Å². The number of nitrogens with zero attached hydrogens (tertiary/aromatic N) is 2. The van der Waals surface area contributed by atoms with Gasteiger partial charge in [0, 0.05) is 17.6 Å². The van der Waals surface area contributed by atoms with E-state index in [0.717, 1.165) is 35.4 Å². The SMILES string of the molecule is Cc1c(C(=O)NCC2=CCNCC2)cnn1-c1ccc(Br)cc1. The summed E-state index contributed by atoms with van der Waals surface area (Å²) >= 11 is 3.42. The molecule has 3 rings (SSSR count). The highest BCUT2D eigenvalue weighted by atomic mass is 79.9. The number of benzene rings is 1. The van der Waals surface area contributed by atoms with Crippen LogP contribution in [0.1, 0.15) is 22.5 Å². The number of nitrogens with one attached hydrogen (secondary N) is 2. The molecule has 120 valence electrons. The van der Waals surface area contributed by atoms with Crippen LogP contribution < -0.4 is 10.6 Å². The lowest BCUT2D eigenvalue weighted by molar-refractivity contribution is 0.0956. The lowest BCUT2D eigenvalue weighted by atomic mass is 10.1. The molecule has 0 spiro atoms. The zero-order valence-corrected chi connectivity index (χ0v) is 14.6. The van der Waals surface area contributed by atoms with Crippen LogP contribution in [-0.2, 0) is 0 Å². The van der Waals surface area contributed by atoms with E-state index in [2.05, 4.69) is 37.7 Å². The van der Waals surface area contributed by atoms with Crippen LogP contribution in [0.25, 0.3) is 5.69 Å². The van der Waals surface area contributed by atoms with E-state index < -0.39 is 0 Å². The van der Waals surface area contributed by atoms with E-state index >= 15 is 0 Å². The summed E-state index contributed by atoms with van der Waals surface area (Å²) in [5, 5.41) is 10.6. The topological polar surface area (TPSA) is 59.0 Å². The first-order valence-corrected chi connectivity index (χ1v) is 8.42. The molecule has 0 fully saturated rings. The average Bonchev–Trinajstić information content (AvgIpc) is 2.96. The monoisotopic (exact) mass is 374 g/mol. The predicted molar refractivity (Wildman–Crippen MR) is 93.9 cm³/mol. The fourth-order valence-corrected chi connectivity index (χ4v) is 2.86. The van der Waals surface area contributed by atoms with E-state index in [1.165, 1.54) is 5.57 Å². The van der Waals surface area contributed by atoms with E-state index in [4.69, 9.17) is 0 Å². The third-order valence-electron chi connectivity index (χ3n) is 3.96. The molecule has 5 nitrogen and oxygen atoms in total. The predicted octanol–water partition coefficient (Wildman–Crippen LogP) is 2.59. The maximum absolute atomic E-state index is 12.4. The fourth-order valence-electron chi connectivity index (χ4n) is 2.59. The Morgan fingerprint density at radius 1 is 1.39 bits per heavy atom. The summed E-state index contributed by atoms with van der Waals surface area (Å²) in [6, 6.07) is 7.84. The van der Waals surface area contributed by atoms with Crippen LogP contribution in [0.15, 0.2) is 46.6 Å². The minimum atomic E-state index is -0.0784. The summed E-state index contributed by atoms with van der Waals surface area (Å²) in [6.45, 7) is 4.37. The number of amides is 1. The van der Waals surface area contributed by atoms with Crippen LogP contribution in [0.4, 0.5) is 0 Å². The van der Waals surface area contributed by atoms with Gasteiger partial charge in [0.2, 0.25) is 0 Å². The minimum absolute atomic E-state index is 0.0784. The van der Waals surface area contributed by atoms with Crippen molar-refractivity contribution in [3.63, 3.8) is 0 Å². The highest BCUT2D eigenvalue weighted by Crippen LogP contribution is 2.17. The van der Waals surface area contributed by atoms with Gasteiger partial charge in [-0.2, -0.15) is 5.10 Å². The third-order valence-corrected chi connectivity index (χ3v) is 4.49. The Kier molecular flexibility index (Phi) is 4.93. The van der Waals surface area contributed by atoms with Gasteiger partial charge in [-0.05, 0) is 44.2 Å². The van der Waals surface area contributed by atoms with Gasteiger partial charge in [0.05, 0.1) is 23.1 Å². The molecule has 2 N–H and O–H groups in total. The normalized spacial score (nSPS) is 14.4. The molecule has 0 unspecified atom stereocenters. The van der Waals surface area contributed by atoms with Crippen molar-refractivity contribution in [1.29, 1.82) is 0 Å². The number of hydrogen-bond donors (Lipinski definition) is 2. The molecule has 0 atom stereocenters. The van der Waals surface area contributed by atoms with Gasteiger partial charge in [-0.15, -0.1) is 0 Å². The van der Waals surface area contributed by atoms with E-state index in [-0.39, 0.29) is 5.91 Å². The van der Waals surface area contributed by atoms with E-state index in [1.807, 2.05) is 31.2 Å². The maximum atomic E-state index is 12.4. The van der Waals surface area contributed by atoms with Gasteiger partial charge in [-0.25, -0.2) is 4.68 Å². The summed E-state index contributed by atoms with van der Waals surface area (Å²) in [5.74, 6) is -0.0784. The molecule has 6 heteroatoms. The Balaban J connectivity index is 1.72. The molecule has 0 aliphatic carbocycles. The van der Waals surface area contributed by atoms with Crippen molar-refractivity contribution < 1.29 is 4.79 Å². The lowest BCUT2D eigenvalue weighted by Crippen LogP contribution is -2.29. The van der Waals surface area contributed by atoms with Gasteiger partial charge in [0.25, 0.3) is 5.91 Å². The Morgan fingerprint density at radius 2 is 2.17 bits per heavy atom. The molecule has 23 heavy (non-hydrogen) atoms. The van der Waals surface area contributed by atoms with Gasteiger partial charge in [-0.3, -0.25) is 4.79 Å². The molecule has 2 aromatic rings. The van der Waals surface area contributed by atoms with Crippen LogP contribution in [0.5, 0.6) is 0 Å². The first-order chi connectivity index (χ1) is 11.1. The standard InChI is InChI=1S/C17H19BrN4O/c1-12-16(17(23)20-10-13-6-8-19-9-7-13)11-21-22(12)15-4-2-14(18)3-5-15/h2-6,11,19H,7-10H2,1H3,(H,20,23). The van der Waals surface area contributed by atoms with Gasteiger partial charge in [0.15, 0.2) is 0 Å². The second-order valence-corrected chi connectivity index (χ2v) is 6.45. The Hall–Kier alpha value is -1.92. The number of aromatic nitrogens is 2. The van der Waals surface area contributed by atoms with Crippen molar-refractivity contribution in [2.24, 2.45) is 0 Å². The van der Waals surface area contributed by atoms with Crippen LogP contribution in [-0.4, -0.2) is 35.3 Å². The zero-order valence-electron chi connectivity index (χ0n) is 13.0. The molecule has 0 saturated carbocycles. The van der Waals surface area contributed by atoms with E-state index in [0.29, 0.717) is 12.1 Å². The van der Waals surface area contributed by atoms with Crippen LogP contribution in [0.2, 0.25) is 0 Å². The second kappa shape index (κ2) is 7.10. The summed E-state index contributed by atoms with van der Waals surface area (Å²) in [5.41, 5.74) is 3.66. The van der Waals surface area contributed by atoms with Crippen molar-refractivity contribution in [3.8, 4) is 5.69 Å². The van der Waals surface area contributed by atoms with Crippen molar-refractivity contribution in [2.45, 2.75) is 13.3 Å². The highest BCUT2D eigenvalue weighted by Gasteiger charge is 2.15. The zero-order chi connectivity index (χ0) is 16.2. The largest absolute Gasteiger partial charge is 0.348 e. The molecular formula is C17H19BrN4O. The summed E-state index contributed by atoms with van der Waals surface area (Å²) in [6.07, 6.45) is 4.75. The summed E-state index contributed by atoms with van der Waals surface area (Å²) in [7, 11) is 0. The molecule has 1 amide bonds. The van der Waals surface area contributed by atoms with Crippen LogP contribution in [0.3, 0.4) is 0 Å². The molecule has 1 aliphatic heterocycles. The Morgan fingerprint density at radius 3 is 2.87 bits per heavy atom. The molecule has 1 aliphatic rings. The summed E-state index contributed by atoms with van der Waals surface area (Å²) in [4.78, 5) is 12.4. The smallest absolute Gasteiger partial charge is 0.255 e. The van der Waals surface area contributed by atoms with Gasteiger partial charge in [0.1, 0.15) is 0 Å². The first kappa shape index (κ1) is 16.0. The van der Waals surface area contributed by atoms with Gasteiger partial charge < -0.3 is 10.6 Å². The van der Waals surface area contributed by atoms with Crippen molar-refractivity contribution >= 4 is 21.8 Å². The number of rotatable bonds is 4. The highest BCUT2D eigenvalue weighted by molar-refractivity contribution is 9.10. The average molecular weight is 375 g/mol. The number of carbonyl (C=O) groups excluding carboxylic acids is 1. The molecular weight excluding hydrogens is 356 g/mol. The molecule has 1 aromatic heterocycles. The number of halogens is 1. The number of hydrogen-bond acceptors (Lipinski definition) is 3. The van der Waals surface area contributed by atoms with Gasteiger partial charge in [-0.1, -0.05) is 27.6 Å². The second-order valence-electron chi connectivity index (χ2n) is 5.53. The van der Waals surface area contributed by atoms with Crippen LogP contribution in [0, 0.1) is 6.92 Å². The van der Waals surface area contributed by atoms with Crippen molar-refractivity contribution in [3.05, 3.63) is 57.8 Å². The molecule has 2 heterocycles. The molecule has 0 saturated heterocycles. The quantitative estimate of drug-likeness (QED) is 0.808. The molecule has 1 aromatic carbocycles. The van der Waals surface area contributed by atoms with Crippen LogP contribution >= 0.6 is 15.9 Å². The minimum Gasteiger partial charge on any atom is -0.348 e. The fraction of sp³-hybridized carbons (Fsp3) is 0.294. The maximum Gasteiger partial charge on any atom is 0.255 e. The Labute approximate surface area is 143 Å². The van der Waals surface area contributed by atoms with E-state index in [1.54, 1.807) is 10.9 Å². The Bertz CT molecular complexity index is 734. The number of carbonyl (C=O) groups is 1. The lowest BCUT2D eigenvalue weighted by Gasteiger charge is -2.14. The molecule has 0 radical (unpaired) electrons. The van der Waals surface area contributed by atoms with Crippen molar-refractivity contribution in [1.82, 2.24) is 20.4 Å². The summed E-state index contributed by atoms with van der Waals surface area (Å²) < 4.78 is 2.80. The first-order valence-electron chi connectivity index (χ1n) is 7.62. The third kappa shape index (κ3) is 3.71.